The van der Waals surface area contributed by atoms with Crippen molar-refractivity contribution in [3.63, 3.8) is 0 Å². The van der Waals surface area contributed by atoms with Gasteiger partial charge in [-0.1, -0.05) is 38.5 Å². The van der Waals surface area contributed by atoms with Gasteiger partial charge in [0.2, 0.25) is 0 Å². The van der Waals surface area contributed by atoms with Crippen molar-refractivity contribution in [1.29, 1.82) is 0 Å². The molecule has 0 saturated heterocycles. The zero-order valence-electron chi connectivity index (χ0n) is 10.4. The quantitative estimate of drug-likeness (QED) is 0.759. The first-order valence-electron chi connectivity index (χ1n) is 6.60. The van der Waals surface area contributed by atoms with E-state index in [1.807, 2.05) is 0 Å². The van der Waals surface area contributed by atoms with Crippen LogP contribution in [0.2, 0.25) is 0 Å². The van der Waals surface area contributed by atoms with E-state index in [4.69, 9.17) is 0 Å². The summed E-state index contributed by atoms with van der Waals surface area (Å²) in [5.41, 5.74) is 1.24. The van der Waals surface area contributed by atoms with Crippen LogP contribution in [0.15, 0.2) is 9.85 Å². The third-order valence-corrected chi connectivity index (χ3v) is 5.97. The molecular weight excluding hydrogens is 296 g/mol. The molecule has 1 aromatic heterocycles. The fourth-order valence-corrected chi connectivity index (χ4v) is 4.25. The van der Waals surface area contributed by atoms with Crippen molar-refractivity contribution < 1.29 is 5.11 Å². The van der Waals surface area contributed by atoms with Crippen LogP contribution >= 0.6 is 27.3 Å². The van der Waals surface area contributed by atoms with Crippen molar-refractivity contribution in [3.8, 4) is 0 Å². The molecule has 1 saturated carbocycles. The molecule has 96 valence electrons. The SMILES string of the molecule is Cc1cc(C(O)CC2CCCCCC2)sc1Br. The first-order chi connectivity index (χ1) is 8.16. The van der Waals surface area contributed by atoms with Gasteiger partial charge in [0, 0.05) is 4.88 Å². The minimum Gasteiger partial charge on any atom is -0.388 e. The van der Waals surface area contributed by atoms with Crippen LogP contribution in [0.4, 0.5) is 0 Å². The van der Waals surface area contributed by atoms with E-state index in [9.17, 15) is 5.11 Å². The van der Waals surface area contributed by atoms with Gasteiger partial charge in [-0.15, -0.1) is 11.3 Å². The number of rotatable bonds is 3. The fraction of sp³-hybridized carbons (Fsp3) is 0.714. The molecule has 1 N–H and O–H groups in total. The van der Waals surface area contributed by atoms with E-state index in [1.54, 1.807) is 11.3 Å². The average molecular weight is 317 g/mol. The molecule has 0 amide bonds. The number of aryl methyl sites for hydroxylation is 1. The minimum absolute atomic E-state index is 0.256. The lowest BCUT2D eigenvalue weighted by Gasteiger charge is -2.17. The van der Waals surface area contributed by atoms with Gasteiger partial charge in [0.1, 0.15) is 0 Å². The number of hydrogen-bond acceptors (Lipinski definition) is 2. The second-order valence-corrected chi connectivity index (χ2v) is 7.62. The molecule has 1 atom stereocenters. The van der Waals surface area contributed by atoms with Gasteiger partial charge in [0.25, 0.3) is 0 Å². The Kier molecular flexibility index (Phi) is 5.07. The maximum atomic E-state index is 10.3. The minimum atomic E-state index is -0.256. The first-order valence-corrected chi connectivity index (χ1v) is 8.21. The smallest absolute Gasteiger partial charge is 0.0885 e. The molecule has 1 unspecified atom stereocenters. The topological polar surface area (TPSA) is 20.2 Å². The van der Waals surface area contributed by atoms with E-state index in [0.717, 1.165) is 21.0 Å². The summed E-state index contributed by atoms with van der Waals surface area (Å²) in [5, 5.41) is 10.3. The summed E-state index contributed by atoms with van der Waals surface area (Å²) in [7, 11) is 0. The third-order valence-electron chi connectivity index (χ3n) is 3.74. The Labute approximate surface area is 116 Å². The Balaban J connectivity index is 1.93. The van der Waals surface area contributed by atoms with Crippen LogP contribution in [-0.4, -0.2) is 5.11 Å². The molecule has 0 aliphatic heterocycles. The van der Waals surface area contributed by atoms with Crippen LogP contribution < -0.4 is 0 Å². The summed E-state index contributed by atoms with van der Waals surface area (Å²) in [5.74, 6) is 0.730. The highest BCUT2D eigenvalue weighted by Crippen LogP contribution is 2.36. The van der Waals surface area contributed by atoms with Gasteiger partial charge in [0.05, 0.1) is 9.89 Å². The Hall–Kier alpha value is 0.140. The molecule has 0 aromatic carbocycles. The summed E-state index contributed by atoms with van der Waals surface area (Å²) in [6, 6.07) is 2.12. The standard InChI is InChI=1S/C14H21BrOS/c1-10-8-13(17-14(10)15)12(16)9-11-6-4-2-3-5-7-11/h8,11-12,16H,2-7,9H2,1H3. The summed E-state index contributed by atoms with van der Waals surface area (Å²) in [4.78, 5) is 1.12. The van der Waals surface area contributed by atoms with Gasteiger partial charge < -0.3 is 5.11 Å². The van der Waals surface area contributed by atoms with E-state index in [2.05, 4.69) is 28.9 Å². The Bertz CT molecular complexity index is 334. The molecule has 1 heterocycles. The zero-order chi connectivity index (χ0) is 12.3. The second kappa shape index (κ2) is 6.35. The van der Waals surface area contributed by atoms with Crippen molar-refractivity contribution in [1.82, 2.24) is 0 Å². The van der Waals surface area contributed by atoms with Crippen LogP contribution in [-0.2, 0) is 0 Å². The Morgan fingerprint density at radius 2 is 2.00 bits per heavy atom. The van der Waals surface area contributed by atoms with E-state index in [-0.39, 0.29) is 6.10 Å². The van der Waals surface area contributed by atoms with Crippen molar-refractivity contribution in [3.05, 3.63) is 20.3 Å². The lowest BCUT2D eigenvalue weighted by molar-refractivity contribution is 0.142. The highest BCUT2D eigenvalue weighted by molar-refractivity contribution is 9.11. The molecule has 2 rings (SSSR count). The first kappa shape index (κ1) is 13.6. The average Bonchev–Trinajstić information content (AvgIpc) is 2.54. The van der Waals surface area contributed by atoms with Gasteiger partial charge in [-0.2, -0.15) is 0 Å². The van der Waals surface area contributed by atoms with Crippen molar-refractivity contribution in [2.45, 2.75) is 58.0 Å². The molecular formula is C14H21BrOS. The van der Waals surface area contributed by atoms with Crippen LogP contribution in [0.1, 0.15) is 61.5 Å². The highest BCUT2D eigenvalue weighted by Gasteiger charge is 2.19. The van der Waals surface area contributed by atoms with E-state index in [0.29, 0.717) is 0 Å². The summed E-state index contributed by atoms with van der Waals surface area (Å²) < 4.78 is 1.16. The van der Waals surface area contributed by atoms with Gasteiger partial charge in [-0.05, 0) is 46.8 Å². The van der Waals surface area contributed by atoms with E-state index >= 15 is 0 Å². The largest absolute Gasteiger partial charge is 0.388 e. The van der Waals surface area contributed by atoms with Crippen molar-refractivity contribution >= 4 is 27.3 Å². The normalized spacial score (nSPS) is 20.2. The van der Waals surface area contributed by atoms with Crippen LogP contribution in [0, 0.1) is 12.8 Å². The van der Waals surface area contributed by atoms with E-state index in [1.165, 1.54) is 44.1 Å². The van der Waals surface area contributed by atoms with Crippen molar-refractivity contribution in [2.75, 3.05) is 0 Å². The molecule has 1 nitrogen and oxygen atoms in total. The highest BCUT2D eigenvalue weighted by atomic mass is 79.9. The number of aliphatic hydroxyl groups excluding tert-OH is 1. The van der Waals surface area contributed by atoms with Crippen LogP contribution in [0.5, 0.6) is 0 Å². The molecule has 1 aliphatic carbocycles. The Morgan fingerprint density at radius 1 is 1.35 bits per heavy atom. The van der Waals surface area contributed by atoms with Gasteiger partial charge in [-0.25, -0.2) is 0 Å². The van der Waals surface area contributed by atoms with E-state index < -0.39 is 0 Å². The van der Waals surface area contributed by atoms with Gasteiger partial charge in [0.15, 0.2) is 0 Å². The molecule has 1 aliphatic rings. The fourth-order valence-electron chi connectivity index (χ4n) is 2.68. The van der Waals surface area contributed by atoms with Crippen LogP contribution in [0.25, 0.3) is 0 Å². The zero-order valence-corrected chi connectivity index (χ0v) is 12.8. The van der Waals surface area contributed by atoms with Gasteiger partial charge >= 0.3 is 0 Å². The molecule has 3 heteroatoms. The number of thiophene rings is 1. The predicted octanol–water partition coefficient (Wildman–Crippen LogP) is 5.21. The summed E-state index contributed by atoms with van der Waals surface area (Å²) in [6.45, 7) is 2.09. The Morgan fingerprint density at radius 3 is 2.53 bits per heavy atom. The number of hydrogen-bond donors (Lipinski definition) is 1. The maximum absolute atomic E-state index is 10.3. The van der Waals surface area contributed by atoms with Crippen LogP contribution in [0.3, 0.4) is 0 Å². The number of halogens is 1. The molecule has 0 radical (unpaired) electrons. The molecule has 0 bridgehead atoms. The lowest BCUT2D eigenvalue weighted by Crippen LogP contribution is -2.05. The molecule has 1 aromatic rings. The van der Waals surface area contributed by atoms with Crippen molar-refractivity contribution in [2.24, 2.45) is 5.92 Å². The monoisotopic (exact) mass is 316 g/mol. The number of aliphatic hydroxyl groups is 1. The third kappa shape index (κ3) is 3.80. The lowest BCUT2D eigenvalue weighted by atomic mass is 9.93. The summed E-state index contributed by atoms with van der Waals surface area (Å²) in [6.07, 6.45) is 8.78. The summed E-state index contributed by atoms with van der Waals surface area (Å²) >= 11 is 5.21. The second-order valence-electron chi connectivity index (χ2n) is 5.21. The molecule has 17 heavy (non-hydrogen) atoms. The molecule has 0 spiro atoms. The van der Waals surface area contributed by atoms with Gasteiger partial charge in [-0.3, -0.25) is 0 Å². The predicted molar refractivity (Wildman–Crippen MR) is 77.5 cm³/mol. The maximum Gasteiger partial charge on any atom is 0.0885 e. The molecule has 1 fully saturated rings.